The molecule has 2 aromatic heterocycles. The summed E-state index contributed by atoms with van der Waals surface area (Å²) in [5, 5.41) is 7.56. The number of benzene rings is 1. The van der Waals surface area contributed by atoms with Gasteiger partial charge in [0.1, 0.15) is 11.5 Å². The molecule has 0 bridgehead atoms. The van der Waals surface area contributed by atoms with Crippen LogP contribution in [0.3, 0.4) is 0 Å². The maximum atomic E-state index is 12.2. The van der Waals surface area contributed by atoms with E-state index in [1.54, 1.807) is 18.2 Å². The number of anilines is 1. The van der Waals surface area contributed by atoms with E-state index in [1.165, 1.54) is 11.3 Å². The Balaban J connectivity index is 1.33. The second kappa shape index (κ2) is 7.35. The lowest BCUT2D eigenvalue weighted by Crippen LogP contribution is -2.32. The van der Waals surface area contributed by atoms with E-state index >= 15 is 0 Å². The van der Waals surface area contributed by atoms with E-state index in [9.17, 15) is 9.59 Å². The first kappa shape index (κ1) is 18.1. The highest BCUT2D eigenvalue weighted by atomic mass is 32.1. The third-order valence-corrected chi connectivity index (χ3v) is 4.87. The third-order valence-electron chi connectivity index (χ3n) is 4.11. The number of nitrogens with one attached hydrogen (secondary N) is 2. The van der Waals surface area contributed by atoms with Gasteiger partial charge in [0.05, 0.1) is 12.2 Å². The molecule has 4 rings (SSSR count). The zero-order chi connectivity index (χ0) is 19.7. The molecule has 3 heterocycles. The van der Waals surface area contributed by atoms with Crippen LogP contribution in [0, 0.1) is 13.8 Å². The predicted molar refractivity (Wildman–Crippen MR) is 103 cm³/mol. The molecule has 0 saturated carbocycles. The molecule has 0 radical (unpaired) electrons. The molecule has 0 aliphatic carbocycles. The molecule has 2 N–H and O–H groups in total. The first-order valence-corrected chi connectivity index (χ1v) is 9.38. The van der Waals surface area contributed by atoms with E-state index in [-0.39, 0.29) is 25.2 Å². The lowest BCUT2D eigenvalue weighted by Gasteiger charge is -2.06. The molecular formula is C19H17N3O5S. The Kier molecular flexibility index (Phi) is 4.74. The van der Waals surface area contributed by atoms with Crippen LogP contribution in [-0.2, 0) is 4.79 Å². The summed E-state index contributed by atoms with van der Waals surface area (Å²) in [6.07, 6.45) is 0. The van der Waals surface area contributed by atoms with Gasteiger partial charge in [-0.05, 0) is 38.1 Å². The van der Waals surface area contributed by atoms with Crippen LogP contribution in [0.2, 0.25) is 0 Å². The van der Waals surface area contributed by atoms with Crippen LogP contribution < -0.4 is 20.1 Å². The number of furan rings is 1. The minimum Gasteiger partial charge on any atom is -0.466 e. The van der Waals surface area contributed by atoms with Crippen molar-refractivity contribution in [2.75, 3.05) is 18.7 Å². The van der Waals surface area contributed by atoms with E-state index in [1.807, 2.05) is 25.3 Å². The van der Waals surface area contributed by atoms with E-state index in [4.69, 9.17) is 13.9 Å². The molecule has 0 fully saturated rings. The Labute approximate surface area is 164 Å². The van der Waals surface area contributed by atoms with E-state index in [0.717, 1.165) is 22.8 Å². The Morgan fingerprint density at radius 3 is 2.79 bits per heavy atom. The lowest BCUT2D eigenvalue weighted by molar-refractivity contribution is -0.115. The largest absolute Gasteiger partial charge is 0.466 e. The topological polar surface area (TPSA) is 103 Å². The molecular weight excluding hydrogens is 382 g/mol. The van der Waals surface area contributed by atoms with Gasteiger partial charge in [-0.1, -0.05) is 0 Å². The van der Waals surface area contributed by atoms with Crippen LogP contribution in [0.4, 0.5) is 5.13 Å². The number of fused-ring (bicyclic) bond motifs is 1. The molecule has 1 aromatic carbocycles. The van der Waals surface area contributed by atoms with Crippen molar-refractivity contribution in [3.05, 3.63) is 46.7 Å². The van der Waals surface area contributed by atoms with Crippen molar-refractivity contribution < 1.29 is 23.5 Å². The Morgan fingerprint density at radius 1 is 1.18 bits per heavy atom. The molecule has 0 atom stereocenters. The fourth-order valence-corrected chi connectivity index (χ4v) is 3.53. The summed E-state index contributed by atoms with van der Waals surface area (Å²) in [4.78, 5) is 28.8. The number of aromatic nitrogens is 1. The van der Waals surface area contributed by atoms with Gasteiger partial charge < -0.3 is 24.5 Å². The van der Waals surface area contributed by atoms with Crippen LogP contribution >= 0.6 is 11.3 Å². The van der Waals surface area contributed by atoms with Crippen LogP contribution in [0.15, 0.2) is 34.1 Å². The molecule has 9 heteroatoms. The number of ether oxygens (including phenoxy) is 2. The van der Waals surface area contributed by atoms with Gasteiger partial charge in [0, 0.05) is 16.5 Å². The van der Waals surface area contributed by atoms with Gasteiger partial charge in [-0.2, -0.15) is 0 Å². The minimum atomic E-state index is -0.377. The molecule has 3 aromatic rings. The molecule has 144 valence electrons. The standard InChI is InChI=1S/C19H17N3O5S/c1-10-5-13(11(2)27-10)14-8-28-19(21-14)22-17(23)7-20-18(24)12-3-4-15-16(6-12)26-9-25-15/h3-6,8H,7,9H2,1-2H3,(H,20,24)(H,21,22,23). The fourth-order valence-electron chi connectivity index (χ4n) is 2.80. The molecule has 28 heavy (non-hydrogen) atoms. The number of amides is 2. The zero-order valence-corrected chi connectivity index (χ0v) is 16.0. The molecule has 1 aliphatic rings. The van der Waals surface area contributed by atoms with Crippen molar-refractivity contribution in [3.8, 4) is 22.8 Å². The van der Waals surface area contributed by atoms with Crippen LogP contribution in [0.5, 0.6) is 11.5 Å². The van der Waals surface area contributed by atoms with Gasteiger partial charge >= 0.3 is 0 Å². The highest BCUT2D eigenvalue weighted by Gasteiger charge is 2.17. The van der Waals surface area contributed by atoms with Crippen molar-refractivity contribution in [2.24, 2.45) is 0 Å². The number of hydrogen-bond donors (Lipinski definition) is 2. The summed E-state index contributed by atoms with van der Waals surface area (Å²) >= 11 is 1.31. The van der Waals surface area contributed by atoms with Gasteiger partial charge in [-0.3, -0.25) is 9.59 Å². The predicted octanol–water partition coefficient (Wildman–Crippen LogP) is 3.12. The van der Waals surface area contributed by atoms with Crippen molar-refractivity contribution in [3.63, 3.8) is 0 Å². The molecule has 2 amide bonds. The van der Waals surface area contributed by atoms with Crippen LogP contribution in [0.25, 0.3) is 11.3 Å². The van der Waals surface area contributed by atoms with Crippen molar-refractivity contribution in [1.29, 1.82) is 0 Å². The van der Waals surface area contributed by atoms with Gasteiger partial charge in [0.25, 0.3) is 5.91 Å². The monoisotopic (exact) mass is 399 g/mol. The third kappa shape index (κ3) is 3.70. The zero-order valence-electron chi connectivity index (χ0n) is 15.2. The molecule has 1 aliphatic heterocycles. The van der Waals surface area contributed by atoms with Gasteiger partial charge in [-0.15, -0.1) is 11.3 Å². The molecule has 8 nitrogen and oxygen atoms in total. The lowest BCUT2D eigenvalue weighted by atomic mass is 10.2. The van der Waals surface area contributed by atoms with E-state index < -0.39 is 0 Å². The average molecular weight is 399 g/mol. The van der Waals surface area contributed by atoms with Crippen molar-refractivity contribution >= 4 is 28.3 Å². The minimum absolute atomic E-state index is 0.135. The Hall–Kier alpha value is -3.33. The van der Waals surface area contributed by atoms with Gasteiger partial charge in [-0.25, -0.2) is 4.98 Å². The quantitative estimate of drug-likeness (QED) is 0.683. The number of hydrogen-bond acceptors (Lipinski definition) is 7. The fraction of sp³-hybridized carbons (Fsp3) is 0.211. The average Bonchev–Trinajstić information content (AvgIpc) is 3.38. The number of rotatable bonds is 5. The number of thiazole rings is 1. The summed E-state index contributed by atoms with van der Waals surface area (Å²) in [6, 6.07) is 6.76. The molecule has 0 unspecified atom stereocenters. The first-order chi connectivity index (χ1) is 13.5. The van der Waals surface area contributed by atoms with Crippen LogP contribution in [0.1, 0.15) is 21.9 Å². The van der Waals surface area contributed by atoms with Crippen molar-refractivity contribution in [1.82, 2.24) is 10.3 Å². The number of aryl methyl sites for hydroxylation is 2. The summed E-state index contributed by atoms with van der Waals surface area (Å²) in [6.45, 7) is 3.70. The van der Waals surface area contributed by atoms with Crippen molar-refractivity contribution in [2.45, 2.75) is 13.8 Å². The first-order valence-electron chi connectivity index (χ1n) is 8.50. The summed E-state index contributed by atoms with van der Waals surface area (Å²) in [5.74, 6) is 1.94. The maximum Gasteiger partial charge on any atom is 0.251 e. The second-order valence-corrected chi connectivity index (χ2v) is 7.02. The van der Waals surface area contributed by atoms with E-state index in [0.29, 0.717) is 22.2 Å². The SMILES string of the molecule is Cc1cc(-c2csc(NC(=O)CNC(=O)c3ccc4c(c3)OCO4)n2)c(C)o1. The highest BCUT2D eigenvalue weighted by molar-refractivity contribution is 7.14. The molecule has 0 saturated heterocycles. The smallest absolute Gasteiger partial charge is 0.251 e. The number of carbonyl (C=O) groups excluding carboxylic acids is 2. The normalized spacial score (nSPS) is 12.1. The Morgan fingerprint density at radius 2 is 2.00 bits per heavy atom. The number of nitrogens with zero attached hydrogens (tertiary/aromatic N) is 1. The Bertz CT molecular complexity index is 1060. The summed E-state index contributed by atoms with van der Waals surface area (Å²) < 4.78 is 16.0. The van der Waals surface area contributed by atoms with Gasteiger partial charge in [0.2, 0.25) is 12.7 Å². The molecule has 0 spiro atoms. The maximum absolute atomic E-state index is 12.2. The number of carbonyl (C=O) groups is 2. The second-order valence-electron chi connectivity index (χ2n) is 6.16. The summed E-state index contributed by atoms with van der Waals surface area (Å²) in [5.41, 5.74) is 2.02. The van der Waals surface area contributed by atoms with Gasteiger partial charge in [0.15, 0.2) is 16.6 Å². The highest BCUT2D eigenvalue weighted by Crippen LogP contribution is 2.32. The van der Waals surface area contributed by atoms with E-state index in [2.05, 4.69) is 15.6 Å². The van der Waals surface area contributed by atoms with Crippen LogP contribution in [-0.4, -0.2) is 30.1 Å². The summed E-state index contributed by atoms with van der Waals surface area (Å²) in [7, 11) is 0.